The van der Waals surface area contributed by atoms with Crippen LogP contribution in [0.3, 0.4) is 0 Å². The standard InChI is InChI=1S/C24H29AsN6OS2/c1-14-12-26-22(33-14)16-11-17-15(6-9-32-17)10-18(16)34-23-30-19-20(25)27-13-28-21(19)31(23)8-5-7-29-24(2,3)4/h10-13,29H,5-9,25H2,1-4H3. The first-order chi connectivity index (χ1) is 16.3. The number of hydrogen-bond acceptors (Lipinski definition) is 8. The van der Waals surface area contributed by atoms with Gasteiger partial charge in [-0.3, -0.25) is 0 Å². The molecule has 0 radical (unpaired) electrons. The van der Waals surface area contributed by atoms with E-state index in [9.17, 15) is 0 Å². The molecule has 10 heteroatoms. The molecule has 0 aliphatic carbocycles. The summed E-state index contributed by atoms with van der Waals surface area (Å²) in [5, 5.41) is 5.54. The molecule has 0 bridgehead atoms. The molecule has 7 nitrogen and oxygen atoms in total. The average molecular weight is 557 g/mol. The zero-order valence-electron chi connectivity index (χ0n) is 19.9. The fourth-order valence-corrected chi connectivity index (χ4v) is 6.44. The van der Waals surface area contributed by atoms with Gasteiger partial charge >= 0.3 is 217 Å². The molecule has 0 saturated carbocycles. The van der Waals surface area contributed by atoms with Crippen molar-refractivity contribution in [1.29, 1.82) is 0 Å². The summed E-state index contributed by atoms with van der Waals surface area (Å²) < 4.78 is 9.08. The van der Waals surface area contributed by atoms with Gasteiger partial charge in [0.15, 0.2) is 0 Å². The first-order valence-corrected chi connectivity index (χ1v) is 14.2. The van der Waals surface area contributed by atoms with Gasteiger partial charge in [-0.1, -0.05) is 0 Å². The van der Waals surface area contributed by atoms with Crippen molar-refractivity contribution in [2.75, 3.05) is 13.2 Å². The van der Waals surface area contributed by atoms with Gasteiger partial charge in [-0.05, 0) is 0 Å². The van der Waals surface area contributed by atoms with Crippen LogP contribution in [0.25, 0.3) is 21.7 Å². The number of fused-ring (bicyclic) bond motifs is 2. The number of rotatable bonds is 7. The van der Waals surface area contributed by atoms with Gasteiger partial charge in [-0.15, -0.1) is 0 Å². The normalized spacial score (nSPS) is 13.4. The molecule has 0 spiro atoms. The van der Waals surface area contributed by atoms with Crippen molar-refractivity contribution >= 4 is 55.6 Å². The number of hydrogen-bond donors (Lipinski definition) is 1. The van der Waals surface area contributed by atoms with Crippen LogP contribution in [0.5, 0.6) is 5.75 Å². The van der Waals surface area contributed by atoms with Gasteiger partial charge in [0.25, 0.3) is 0 Å². The van der Waals surface area contributed by atoms with Gasteiger partial charge < -0.3 is 0 Å². The van der Waals surface area contributed by atoms with Crippen LogP contribution >= 0.6 is 23.1 Å². The molecule has 34 heavy (non-hydrogen) atoms. The Labute approximate surface area is 216 Å². The minimum absolute atomic E-state index is 0.100. The van der Waals surface area contributed by atoms with E-state index in [2.05, 4.69) is 64.7 Å². The average Bonchev–Trinajstić information content (AvgIpc) is 3.49. The van der Waals surface area contributed by atoms with Crippen LogP contribution in [-0.4, -0.2) is 60.0 Å². The molecule has 1 atom stereocenters. The van der Waals surface area contributed by atoms with Crippen LogP contribution in [0.1, 0.15) is 37.6 Å². The Bertz CT molecular complexity index is 1340. The zero-order chi connectivity index (χ0) is 23.9. The number of nitrogens with zero attached hydrogens (tertiary/aromatic N) is 5. The Balaban J connectivity index is 1.53. The van der Waals surface area contributed by atoms with E-state index in [-0.39, 0.29) is 5.54 Å². The van der Waals surface area contributed by atoms with E-state index in [1.807, 2.05) is 6.20 Å². The molecule has 0 fully saturated rings. The summed E-state index contributed by atoms with van der Waals surface area (Å²) in [4.78, 5) is 21.0. The quantitative estimate of drug-likeness (QED) is 0.276. The zero-order valence-corrected chi connectivity index (χ0v) is 23.9. The minimum atomic E-state index is 0.100. The number of thiazole rings is 1. The third-order valence-corrected chi connectivity index (χ3v) is 8.47. The number of imidazole rings is 1. The Morgan fingerprint density at radius 2 is 2.09 bits per heavy atom. The molecular weight excluding hydrogens is 527 g/mol. The maximum absolute atomic E-state index is 5.88. The molecule has 4 heterocycles. The summed E-state index contributed by atoms with van der Waals surface area (Å²) >= 11 is 4.87. The number of benzene rings is 1. The van der Waals surface area contributed by atoms with E-state index in [0.29, 0.717) is 0 Å². The Morgan fingerprint density at radius 3 is 2.85 bits per heavy atom. The topological polar surface area (TPSA) is 77.8 Å². The summed E-state index contributed by atoms with van der Waals surface area (Å²) in [6, 6.07) is 4.41. The molecule has 1 unspecified atom stereocenters. The molecule has 1 aromatic carbocycles. The van der Waals surface area contributed by atoms with Crippen molar-refractivity contribution in [3.8, 4) is 16.3 Å². The Hall–Kier alpha value is -1.93. The monoisotopic (exact) mass is 556 g/mol. The van der Waals surface area contributed by atoms with Crippen LogP contribution in [0.15, 0.2) is 34.7 Å². The second kappa shape index (κ2) is 9.61. The predicted octanol–water partition coefficient (Wildman–Crippen LogP) is 3.38. The number of ether oxygens (including phenoxy) is 1. The van der Waals surface area contributed by atoms with Gasteiger partial charge in [0, 0.05) is 0 Å². The maximum atomic E-state index is 5.88. The fraction of sp³-hybridized carbons (Fsp3) is 0.417. The molecule has 5 rings (SSSR count). The summed E-state index contributed by atoms with van der Waals surface area (Å²) in [6.07, 6.45) is 5.50. The molecule has 0 saturated heterocycles. The second-order valence-corrected chi connectivity index (χ2v) is 12.8. The molecule has 178 valence electrons. The fourth-order valence-electron chi connectivity index (χ4n) is 3.95. The van der Waals surface area contributed by atoms with Crippen LogP contribution in [0, 0.1) is 6.92 Å². The van der Waals surface area contributed by atoms with E-state index < -0.39 is 0 Å². The van der Waals surface area contributed by atoms with Crippen LogP contribution in [-0.2, 0) is 13.0 Å². The summed E-state index contributed by atoms with van der Waals surface area (Å²) in [5.41, 5.74) is 4.25. The molecule has 4 aromatic rings. The second-order valence-electron chi connectivity index (χ2n) is 9.44. The number of nitrogens with one attached hydrogen (secondary N) is 1. The van der Waals surface area contributed by atoms with Gasteiger partial charge in [-0.25, -0.2) is 0 Å². The van der Waals surface area contributed by atoms with Crippen molar-refractivity contribution < 1.29 is 4.74 Å². The van der Waals surface area contributed by atoms with E-state index >= 15 is 0 Å². The third kappa shape index (κ3) is 5.03. The van der Waals surface area contributed by atoms with Crippen molar-refractivity contribution in [3.05, 3.63) is 35.1 Å². The molecule has 1 aliphatic heterocycles. The van der Waals surface area contributed by atoms with Crippen LogP contribution < -0.4 is 14.5 Å². The molecule has 1 aliphatic rings. The van der Waals surface area contributed by atoms with E-state index in [4.69, 9.17) is 9.72 Å². The molecular formula is C24H29AsN6OS2. The summed E-state index contributed by atoms with van der Waals surface area (Å²) in [7, 11) is 0. The van der Waals surface area contributed by atoms with Crippen molar-refractivity contribution in [2.24, 2.45) is 0 Å². The number of aromatic nitrogens is 5. The van der Waals surface area contributed by atoms with Crippen molar-refractivity contribution in [2.45, 2.75) is 62.7 Å². The van der Waals surface area contributed by atoms with Crippen molar-refractivity contribution in [3.63, 3.8) is 0 Å². The Morgan fingerprint density at radius 1 is 1.24 bits per heavy atom. The third-order valence-electron chi connectivity index (χ3n) is 5.58. The van der Waals surface area contributed by atoms with Gasteiger partial charge in [0.1, 0.15) is 0 Å². The van der Waals surface area contributed by atoms with E-state index in [1.54, 1.807) is 29.4 Å². The van der Waals surface area contributed by atoms with Gasteiger partial charge in [-0.2, -0.15) is 0 Å². The first kappa shape index (κ1) is 23.8. The van der Waals surface area contributed by atoms with Crippen LogP contribution in [0.2, 0.25) is 0 Å². The first-order valence-electron chi connectivity index (χ1n) is 11.4. The van der Waals surface area contributed by atoms with Gasteiger partial charge in [0.05, 0.1) is 0 Å². The molecule has 1 N–H and O–H groups in total. The SMILES string of the molecule is Cc1cnc(-c2cc3c(cc2Sc2nc4c([AsH2])ncnc4n2CCCNC(C)(C)C)CCO3)s1. The molecule has 0 amide bonds. The van der Waals surface area contributed by atoms with E-state index in [0.717, 1.165) is 74.6 Å². The van der Waals surface area contributed by atoms with E-state index in [1.165, 1.54) is 27.3 Å². The molecule has 3 aromatic heterocycles. The summed E-state index contributed by atoms with van der Waals surface area (Å²) in [6.45, 7) is 11.2. The van der Waals surface area contributed by atoms with Crippen LogP contribution in [0.4, 0.5) is 0 Å². The number of aryl methyl sites for hydroxylation is 2. The van der Waals surface area contributed by atoms with Crippen molar-refractivity contribution in [1.82, 2.24) is 29.8 Å². The predicted molar refractivity (Wildman–Crippen MR) is 141 cm³/mol. The van der Waals surface area contributed by atoms with Gasteiger partial charge in [0.2, 0.25) is 0 Å². The summed E-state index contributed by atoms with van der Waals surface area (Å²) in [5.74, 6) is 0.971. The Kier molecular flexibility index (Phi) is 6.72.